The van der Waals surface area contributed by atoms with Gasteiger partial charge in [0.25, 0.3) is 0 Å². The molecule has 2 fully saturated rings. The molecule has 2 aliphatic heterocycles. The van der Waals surface area contributed by atoms with Gasteiger partial charge in [0.15, 0.2) is 0 Å². The normalized spacial score (nSPS) is 32.2. The average Bonchev–Trinajstić information content (AvgIpc) is 2.59. The van der Waals surface area contributed by atoms with Crippen LogP contribution < -0.4 is 5.32 Å². The third-order valence-electron chi connectivity index (χ3n) is 4.41. The van der Waals surface area contributed by atoms with Crippen molar-refractivity contribution < 1.29 is 4.74 Å². The van der Waals surface area contributed by atoms with Crippen molar-refractivity contribution in [3.8, 4) is 0 Å². The zero-order chi connectivity index (χ0) is 11.4. The molecule has 2 saturated heterocycles. The van der Waals surface area contributed by atoms with Crippen LogP contribution in [0.15, 0.2) is 0 Å². The standard InChI is InChI=1S/C13H26N2O/c1-13(16-2)6-10-15(11-7-13)12-4-3-8-14-9-5-12/h12,14H,3-11H2,1-2H3. The summed E-state index contributed by atoms with van der Waals surface area (Å²) < 4.78 is 5.60. The molecule has 0 spiro atoms. The molecule has 1 atom stereocenters. The first-order chi connectivity index (χ1) is 7.73. The second kappa shape index (κ2) is 5.48. The zero-order valence-corrected chi connectivity index (χ0v) is 10.8. The van der Waals surface area contributed by atoms with Crippen molar-refractivity contribution in [1.29, 1.82) is 0 Å². The Kier molecular flexibility index (Phi) is 4.22. The number of nitrogens with zero attached hydrogens (tertiary/aromatic N) is 1. The van der Waals surface area contributed by atoms with Gasteiger partial charge in [-0.2, -0.15) is 0 Å². The van der Waals surface area contributed by atoms with E-state index in [0.29, 0.717) is 0 Å². The predicted molar refractivity (Wildman–Crippen MR) is 66.7 cm³/mol. The van der Waals surface area contributed by atoms with Crippen LogP contribution in [0, 0.1) is 0 Å². The van der Waals surface area contributed by atoms with Crippen LogP contribution in [-0.2, 0) is 4.74 Å². The number of likely N-dealkylation sites (tertiary alicyclic amines) is 1. The lowest BCUT2D eigenvalue weighted by Gasteiger charge is -2.41. The Bertz CT molecular complexity index is 204. The van der Waals surface area contributed by atoms with E-state index in [0.717, 1.165) is 6.04 Å². The van der Waals surface area contributed by atoms with Gasteiger partial charge in [-0.3, -0.25) is 0 Å². The molecule has 0 aliphatic carbocycles. The van der Waals surface area contributed by atoms with Gasteiger partial charge in [0.2, 0.25) is 0 Å². The molecule has 0 radical (unpaired) electrons. The first-order valence-corrected chi connectivity index (χ1v) is 6.73. The molecule has 0 saturated carbocycles. The van der Waals surface area contributed by atoms with Gasteiger partial charge >= 0.3 is 0 Å². The molecule has 2 heterocycles. The topological polar surface area (TPSA) is 24.5 Å². The van der Waals surface area contributed by atoms with Crippen LogP contribution in [0.25, 0.3) is 0 Å². The second-order valence-corrected chi connectivity index (χ2v) is 5.52. The molecule has 0 aromatic rings. The van der Waals surface area contributed by atoms with Crippen molar-refractivity contribution in [2.75, 3.05) is 33.3 Å². The largest absolute Gasteiger partial charge is 0.378 e. The fourth-order valence-corrected chi connectivity index (χ4v) is 2.93. The lowest BCUT2D eigenvalue weighted by atomic mass is 9.91. The van der Waals surface area contributed by atoms with Crippen molar-refractivity contribution in [2.45, 2.75) is 50.7 Å². The summed E-state index contributed by atoms with van der Waals surface area (Å²) in [4.78, 5) is 2.69. The number of methoxy groups -OCH3 is 1. The molecule has 1 N–H and O–H groups in total. The number of rotatable bonds is 2. The van der Waals surface area contributed by atoms with Gasteiger partial charge in [0.1, 0.15) is 0 Å². The summed E-state index contributed by atoms with van der Waals surface area (Å²) in [5, 5.41) is 3.49. The SMILES string of the molecule is COC1(C)CCN(C2CCCNCC2)CC1. The van der Waals surface area contributed by atoms with Crippen molar-refractivity contribution in [3.63, 3.8) is 0 Å². The van der Waals surface area contributed by atoms with Gasteiger partial charge in [0.05, 0.1) is 5.60 Å². The average molecular weight is 226 g/mol. The van der Waals surface area contributed by atoms with Crippen LogP contribution in [-0.4, -0.2) is 49.8 Å². The summed E-state index contributed by atoms with van der Waals surface area (Å²) in [6.45, 7) is 7.09. The maximum atomic E-state index is 5.60. The fraction of sp³-hybridized carbons (Fsp3) is 1.00. The molecule has 3 heteroatoms. The first kappa shape index (κ1) is 12.3. The summed E-state index contributed by atoms with van der Waals surface area (Å²) in [7, 11) is 1.85. The Morgan fingerprint density at radius 2 is 1.94 bits per heavy atom. The molecule has 2 aliphatic rings. The van der Waals surface area contributed by atoms with Crippen LogP contribution >= 0.6 is 0 Å². The van der Waals surface area contributed by atoms with Crippen molar-refractivity contribution >= 4 is 0 Å². The number of hydrogen-bond donors (Lipinski definition) is 1. The molecule has 16 heavy (non-hydrogen) atoms. The minimum Gasteiger partial charge on any atom is -0.378 e. The molecular weight excluding hydrogens is 200 g/mol. The van der Waals surface area contributed by atoms with Crippen molar-refractivity contribution in [2.24, 2.45) is 0 Å². The van der Waals surface area contributed by atoms with E-state index in [1.54, 1.807) is 0 Å². The zero-order valence-electron chi connectivity index (χ0n) is 10.8. The lowest BCUT2D eigenvalue weighted by molar-refractivity contribution is -0.0510. The number of ether oxygens (including phenoxy) is 1. The van der Waals surface area contributed by atoms with Gasteiger partial charge in [-0.15, -0.1) is 0 Å². The quantitative estimate of drug-likeness (QED) is 0.774. The van der Waals surface area contributed by atoms with E-state index in [-0.39, 0.29) is 5.60 Å². The van der Waals surface area contributed by atoms with Crippen LogP contribution in [0.2, 0.25) is 0 Å². The lowest BCUT2D eigenvalue weighted by Crippen LogP contribution is -2.48. The Morgan fingerprint density at radius 1 is 1.19 bits per heavy atom. The van der Waals surface area contributed by atoms with Gasteiger partial charge in [-0.05, 0) is 52.1 Å². The fourth-order valence-electron chi connectivity index (χ4n) is 2.93. The molecule has 1 unspecified atom stereocenters. The maximum absolute atomic E-state index is 5.60. The highest BCUT2D eigenvalue weighted by Crippen LogP contribution is 2.27. The highest BCUT2D eigenvalue weighted by Gasteiger charge is 2.32. The smallest absolute Gasteiger partial charge is 0.0675 e. The summed E-state index contributed by atoms with van der Waals surface area (Å²) >= 11 is 0. The van der Waals surface area contributed by atoms with E-state index in [9.17, 15) is 0 Å². The summed E-state index contributed by atoms with van der Waals surface area (Å²) in [6.07, 6.45) is 6.41. The van der Waals surface area contributed by atoms with Gasteiger partial charge < -0.3 is 15.0 Å². The van der Waals surface area contributed by atoms with E-state index in [4.69, 9.17) is 4.74 Å². The van der Waals surface area contributed by atoms with Gasteiger partial charge in [0, 0.05) is 26.2 Å². The third kappa shape index (κ3) is 2.96. The van der Waals surface area contributed by atoms with Crippen molar-refractivity contribution in [1.82, 2.24) is 10.2 Å². The van der Waals surface area contributed by atoms with Crippen molar-refractivity contribution in [3.05, 3.63) is 0 Å². The summed E-state index contributed by atoms with van der Waals surface area (Å²) in [5.74, 6) is 0. The highest BCUT2D eigenvalue weighted by atomic mass is 16.5. The van der Waals surface area contributed by atoms with Gasteiger partial charge in [-0.1, -0.05) is 0 Å². The first-order valence-electron chi connectivity index (χ1n) is 6.73. The molecule has 94 valence electrons. The Balaban J connectivity index is 1.83. The van der Waals surface area contributed by atoms with E-state index in [1.807, 2.05) is 7.11 Å². The Hall–Kier alpha value is -0.120. The van der Waals surface area contributed by atoms with Crippen LogP contribution in [0.3, 0.4) is 0 Å². The van der Waals surface area contributed by atoms with E-state index in [1.165, 1.54) is 58.3 Å². The number of piperidine rings is 1. The maximum Gasteiger partial charge on any atom is 0.0675 e. The Labute approximate surface area is 99.5 Å². The number of nitrogens with one attached hydrogen (secondary N) is 1. The highest BCUT2D eigenvalue weighted by molar-refractivity contribution is 4.87. The molecule has 0 aromatic heterocycles. The molecule has 0 aromatic carbocycles. The van der Waals surface area contributed by atoms with Crippen LogP contribution in [0.4, 0.5) is 0 Å². The van der Waals surface area contributed by atoms with E-state index in [2.05, 4.69) is 17.1 Å². The molecular formula is C13H26N2O. The molecule has 3 nitrogen and oxygen atoms in total. The van der Waals surface area contributed by atoms with Crippen LogP contribution in [0.1, 0.15) is 39.0 Å². The minimum atomic E-state index is 0.138. The van der Waals surface area contributed by atoms with Crippen LogP contribution in [0.5, 0.6) is 0 Å². The number of hydrogen-bond acceptors (Lipinski definition) is 3. The summed E-state index contributed by atoms with van der Waals surface area (Å²) in [5.41, 5.74) is 0.138. The van der Waals surface area contributed by atoms with E-state index >= 15 is 0 Å². The second-order valence-electron chi connectivity index (χ2n) is 5.52. The molecule has 0 bridgehead atoms. The monoisotopic (exact) mass is 226 g/mol. The Morgan fingerprint density at radius 3 is 2.62 bits per heavy atom. The predicted octanol–water partition coefficient (Wildman–Crippen LogP) is 1.63. The molecule has 2 rings (SSSR count). The summed E-state index contributed by atoms with van der Waals surface area (Å²) in [6, 6.07) is 0.816. The third-order valence-corrected chi connectivity index (χ3v) is 4.41. The van der Waals surface area contributed by atoms with E-state index < -0.39 is 0 Å². The van der Waals surface area contributed by atoms with Gasteiger partial charge in [-0.25, -0.2) is 0 Å². The minimum absolute atomic E-state index is 0.138. The molecule has 0 amide bonds.